The van der Waals surface area contributed by atoms with Crippen LogP contribution in [0.25, 0.3) is 17.2 Å². The predicted octanol–water partition coefficient (Wildman–Crippen LogP) is 3.46. The number of hydrogen-bond donors (Lipinski definition) is 1. The van der Waals surface area contributed by atoms with Crippen LogP contribution in [0.3, 0.4) is 0 Å². The molecular weight excluding hydrogens is 396 g/mol. The summed E-state index contributed by atoms with van der Waals surface area (Å²) in [5, 5.41) is 7.74. The van der Waals surface area contributed by atoms with E-state index >= 15 is 0 Å². The zero-order valence-electron chi connectivity index (χ0n) is 16.1. The number of ether oxygens (including phenoxy) is 2. The van der Waals surface area contributed by atoms with Crippen LogP contribution in [-0.2, 0) is 12.4 Å². The first-order chi connectivity index (χ1) is 14.1. The van der Waals surface area contributed by atoms with Gasteiger partial charge in [-0.3, -0.25) is 0 Å². The minimum absolute atomic E-state index is 0.196. The van der Waals surface area contributed by atoms with Gasteiger partial charge in [-0.1, -0.05) is 0 Å². The maximum absolute atomic E-state index is 5.95. The number of nitrogens with one attached hydrogen (secondary N) is 1. The Kier molecular flexibility index (Phi) is 5.22. The van der Waals surface area contributed by atoms with E-state index in [1.54, 1.807) is 24.9 Å². The Bertz CT molecular complexity index is 1140. The van der Waals surface area contributed by atoms with E-state index in [0.29, 0.717) is 41.3 Å². The smallest absolute Gasteiger partial charge is 0.245 e. The molecule has 29 heavy (non-hydrogen) atoms. The number of hydrogen-bond acceptors (Lipinski definition) is 8. The first-order valence-corrected chi connectivity index (χ1v) is 9.35. The van der Waals surface area contributed by atoms with Crippen LogP contribution in [0.4, 0.5) is 5.95 Å². The molecule has 0 amide bonds. The van der Waals surface area contributed by atoms with Crippen molar-refractivity contribution in [2.45, 2.75) is 19.3 Å². The summed E-state index contributed by atoms with van der Waals surface area (Å²) in [6.45, 7) is 2.34. The van der Waals surface area contributed by atoms with Crippen LogP contribution in [0, 0.1) is 6.92 Å². The number of rotatable bonds is 7. The standard InChI is InChI=1S/C19H19ClN6O3/c1-11-16(18-21-6-7-29-18)24-19(26-17(11)23-15(9-20)25-26)22-10-12-4-5-13(27-2)8-14(12)28-3/h4-8H,9-10H2,1-3H3,(H,22,24). The van der Waals surface area contributed by atoms with E-state index in [1.165, 1.54) is 6.26 Å². The number of alkyl halides is 1. The van der Waals surface area contributed by atoms with Gasteiger partial charge in [0.05, 0.1) is 26.3 Å². The highest BCUT2D eigenvalue weighted by Crippen LogP contribution is 2.28. The molecule has 1 N–H and O–H groups in total. The van der Waals surface area contributed by atoms with Crippen LogP contribution in [-0.4, -0.2) is 38.8 Å². The van der Waals surface area contributed by atoms with E-state index in [2.05, 4.69) is 25.4 Å². The Labute approximate surface area is 171 Å². The molecule has 0 radical (unpaired) electrons. The van der Waals surface area contributed by atoms with Crippen molar-refractivity contribution in [2.75, 3.05) is 19.5 Å². The van der Waals surface area contributed by atoms with Gasteiger partial charge in [0.1, 0.15) is 23.5 Å². The first-order valence-electron chi connectivity index (χ1n) is 8.81. The Balaban J connectivity index is 1.75. The molecule has 0 bridgehead atoms. The molecule has 0 fully saturated rings. The Morgan fingerprint density at radius 2 is 2.07 bits per heavy atom. The number of fused-ring (bicyclic) bond motifs is 1. The lowest BCUT2D eigenvalue weighted by molar-refractivity contribution is 0.391. The van der Waals surface area contributed by atoms with E-state index in [1.807, 2.05) is 25.1 Å². The number of anilines is 1. The second-order valence-electron chi connectivity index (χ2n) is 6.17. The molecule has 0 saturated heterocycles. The second-order valence-corrected chi connectivity index (χ2v) is 6.44. The average Bonchev–Trinajstić information content (AvgIpc) is 3.43. The lowest BCUT2D eigenvalue weighted by Crippen LogP contribution is -2.10. The SMILES string of the molecule is COc1ccc(CNc2nc(-c3ncco3)c(C)c3nc(CCl)nn23)c(OC)c1. The van der Waals surface area contributed by atoms with E-state index in [9.17, 15) is 0 Å². The van der Waals surface area contributed by atoms with Gasteiger partial charge in [0, 0.05) is 23.7 Å². The summed E-state index contributed by atoms with van der Waals surface area (Å²) >= 11 is 5.95. The monoisotopic (exact) mass is 414 g/mol. The number of halogens is 1. The average molecular weight is 415 g/mol. The Morgan fingerprint density at radius 1 is 1.21 bits per heavy atom. The number of benzene rings is 1. The third-order valence-corrected chi connectivity index (χ3v) is 4.68. The lowest BCUT2D eigenvalue weighted by atomic mass is 10.2. The zero-order valence-corrected chi connectivity index (χ0v) is 16.9. The van der Waals surface area contributed by atoms with Gasteiger partial charge in [-0.15, -0.1) is 16.7 Å². The zero-order chi connectivity index (χ0) is 20.4. The maximum Gasteiger partial charge on any atom is 0.245 e. The van der Waals surface area contributed by atoms with E-state index in [-0.39, 0.29) is 5.88 Å². The number of oxazole rings is 1. The molecule has 3 aromatic heterocycles. The molecule has 150 valence electrons. The summed E-state index contributed by atoms with van der Waals surface area (Å²) in [4.78, 5) is 13.4. The molecule has 4 aromatic rings. The van der Waals surface area contributed by atoms with Crippen molar-refractivity contribution in [3.63, 3.8) is 0 Å². The minimum Gasteiger partial charge on any atom is -0.497 e. The third-order valence-electron chi connectivity index (χ3n) is 4.45. The molecule has 9 nitrogen and oxygen atoms in total. The molecule has 0 aliphatic carbocycles. The van der Waals surface area contributed by atoms with Crippen molar-refractivity contribution in [1.82, 2.24) is 24.6 Å². The summed E-state index contributed by atoms with van der Waals surface area (Å²) in [6.07, 6.45) is 3.08. The van der Waals surface area contributed by atoms with Crippen LogP contribution >= 0.6 is 11.6 Å². The van der Waals surface area contributed by atoms with Gasteiger partial charge >= 0.3 is 0 Å². The van der Waals surface area contributed by atoms with Gasteiger partial charge in [0.2, 0.25) is 11.8 Å². The first kappa shape index (κ1) is 19.0. The van der Waals surface area contributed by atoms with Crippen LogP contribution in [0.5, 0.6) is 11.5 Å². The van der Waals surface area contributed by atoms with Crippen LogP contribution in [0.15, 0.2) is 35.1 Å². The fraction of sp³-hybridized carbons (Fsp3) is 0.263. The highest BCUT2D eigenvalue weighted by molar-refractivity contribution is 6.16. The summed E-state index contributed by atoms with van der Waals surface area (Å²) in [7, 11) is 3.23. The molecule has 0 unspecified atom stereocenters. The maximum atomic E-state index is 5.95. The number of nitrogens with zero attached hydrogens (tertiary/aromatic N) is 5. The number of aromatic nitrogens is 5. The van der Waals surface area contributed by atoms with E-state index < -0.39 is 0 Å². The third kappa shape index (κ3) is 3.56. The summed E-state index contributed by atoms with van der Waals surface area (Å²) in [5.74, 6) is 3.02. The molecule has 1 aromatic carbocycles. The van der Waals surface area contributed by atoms with Crippen LogP contribution in [0.2, 0.25) is 0 Å². The minimum atomic E-state index is 0.196. The fourth-order valence-corrected chi connectivity index (χ4v) is 3.09. The van der Waals surface area contributed by atoms with Gasteiger partial charge in [0.25, 0.3) is 0 Å². The van der Waals surface area contributed by atoms with E-state index in [4.69, 9.17) is 25.5 Å². The van der Waals surface area contributed by atoms with Crippen molar-refractivity contribution >= 4 is 23.2 Å². The molecule has 10 heteroatoms. The fourth-order valence-electron chi connectivity index (χ4n) is 2.98. The highest BCUT2D eigenvalue weighted by Gasteiger charge is 2.19. The van der Waals surface area contributed by atoms with Gasteiger partial charge < -0.3 is 19.2 Å². The summed E-state index contributed by atoms with van der Waals surface area (Å²) < 4.78 is 17.8. The topological polar surface area (TPSA) is 99.6 Å². The van der Waals surface area contributed by atoms with Crippen LogP contribution in [0.1, 0.15) is 17.0 Å². The molecular formula is C19H19ClN6O3. The highest BCUT2D eigenvalue weighted by atomic mass is 35.5. The van der Waals surface area contributed by atoms with Gasteiger partial charge in [0.15, 0.2) is 11.5 Å². The van der Waals surface area contributed by atoms with Gasteiger partial charge in [-0.2, -0.15) is 4.52 Å². The molecule has 0 atom stereocenters. The molecule has 3 heterocycles. The Morgan fingerprint density at radius 3 is 2.76 bits per heavy atom. The molecule has 4 rings (SSSR count). The largest absolute Gasteiger partial charge is 0.497 e. The summed E-state index contributed by atoms with van der Waals surface area (Å²) in [6, 6.07) is 5.63. The second kappa shape index (κ2) is 7.96. The van der Waals surface area contributed by atoms with Gasteiger partial charge in [-0.25, -0.2) is 15.0 Å². The van der Waals surface area contributed by atoms with Crippen molar-refractivity contribution in [3.8, 4) is 23.1 Å². The normalized spacial score (nSPS) is 11.0. The van der Waals surface area contributed by atoms with E-state index in [0.717, 1.165) is 16.9 Å². The molecule has 0 aliphatic heterocycles. The van der Waals surface area contributed by atoms with Crippen molar-refractivity contribution in [3.05, 3.63) is 47.6 Å². The molecule has 0 aliphatic rings. The number of methoxy groups -OCH3 is 2. The van der Waals surface area contributed by atoms with Crippen molar-refractivity contribution in [2.24, 2.45) is 0 Å². The quantitative estimate of drug-likeness (QED) is 0.459. The molecule has 0 spiro atoms. The Hall–Kier alpha value is -3.33. The summed E-state index contributed by atoms with van der Waals surface area (Å²) in [5.41, 5.74) is 2.94. The van der Waals surface area contributed by atoms with Crippen LogP contribution < -0.4 is 14.8 Å². The predicted molar refractivity (Wildman–Crippen MR) is 107 cm³/mol. The lowest BCUT2D eigenvalue weighted by Gasteiger charge is -2.13. The van der Waals surface area contributed by atoms with Crippen molar-refractivity contribution in [1.29, 1.82) is 0 Å². The number of aryl methyl sites for hydroxylation is 1. The van der Waals surface area contributed by atoms with Gasteiger partial charge in [-0.05, 0) is 19.1 Å². The van der Waals surface area contributed by atoms with Crippen molar-refractivity contribution < 1.29 is 13.9 Å². The molecule has 0 saturated carbocycles.